The lowest BCUT2D eigenvalue weighted by Gasteiger charge is -2.48. The van der Waals surface area contributed by atoms with Gasteiger partial charge < -0.3 is 19.9 Å². The van der Waals surface area contributed by atoms with Gasteiger partial charge in [-0.1, -0.05) is 12.1 Å². The van der Waals surface area contributed by atoms with Crippen LogP contribution in [-0.4, -0.2) is 83.9 Å². The van der Waals surface area contributed by atoms with Crippen LogP contribution in [0.5, 0.6) is 5.75 Å². The van der Waals surface area contributed by atoms with E-state index in [1.165, 1.54) is 11.8 Å². The van der Waals surface area contributed by atoms with Crippen LogP contribution in [0.3, 0.4) is 0 Å². The summed E-state index contributed by atoms with van der Waals surface area (Å²) in [4.78, 5) is 18.5. The lowest BCUT2D eigenvalue weighted by molar-refractivity contribution is 0.341. The van der Waals surface area contributed by atoms with E-state index in [1.54, 1.807) is 25.7 Å². The molecule has 2 atom stereocenters. The summed E-state index contributed by atoms with van der Waals surface area (Å²) in [6.45, 7) is 5.53. The van der Waals surface area contributed by atoms with E-state index in [2.05, 4.69) is 39.2 Å². The molecule has 234 valence electrons. The molecule has 0 bridgehead atoms. The largest absolute Gasteiger partial charge is 0.496 e. The molecule has 11 nitrogen and oxygen atoms in total. The van der Waals surface area contributed by atoms with Crippen molar-refractivity contribution in [3.8, 4) is 22.8 Å². The minimum absolute atomic E-state index is 0.0543. The first-order valence-corrected chi connectivity index (χ1v) is 16.9. The summed E-state index contributed by atoms with van der Waals surface area (Å²) in [5.41, 5.74) is 6.24. The lowest BCUT2D eigenvalue weighted by Crippen LogP contribution is -2.57. The van der Waals surface area contributed by atoms with Gasteiger partial charge in [-0.05, 0) is 57.8 Å². The van der Waals surface area contributed by atoms with E-state index in [-0.39, 0.29) is 17.7 Å². The molecule has 1 saturated heterocycles. The van der Waals surface area contributed by atoms with Crippen molar-refractivity contribution >= 4 is 37.9 Å². The zero-order chi connectivity index (χ0) is 31.9. The molecule has 6 rings (SSSR count). The molecular weight excluding hydrogens is 588 g/mol. The number of rotatable bonds is 10. The molecule has 4 aromatic heterocycles. The number of sulfone groups is 1. The summed E-state index contributed by atoms with van der Waals surface area (Å²) in [5, 5.41) is 9.14. The minimum Gasteiger partial charge on any atom is -0.496 e. The molecule has 0 spiro atoms. The molecule has 1 aliphatic heterocycles. The highest BCUT2D eigenvalue weighted by Gasteiger charge is 2.38. The van der Waals surface area contributed by atoms with Gasteiger partial charge in [-0.15, -0.1) is 0 Å². The predicted octanol–water partition coefficient (Wildman–Crippen LogP) is 4.87. The van der Waals surface area contributed by atoms with Crippen LogP contribution >= 0.6 is 0 Å². The summed E-state index contributed by atoms with van der Waals surface area (Å²) in [7, 11) is 2.65. The zero-order valence-corrected chi connectivity index (χ0v) is 27.2. The quantitative estimate of drug-likeness (QED) is 0.230. The van der Waals surface area contributed by atoms with Crippen molar-refractivity contribution < 1.29 is 13.2 Å². The fourth-order valence-electron chi connectivity index (χ4n) is 5.91. The molecule has 1 aliphatic rings. The standard InChI is InChI=1S/C33H38N8O3S/c1-21-27-17-35-41(30(27)15-29(36-21)28-16-34-12-11-31(28)44-5)33-14-26(40-19-24(22(40)2)20-45(6,42)43)13-32(38-33)37-25-9-7-23(8-10-25)18-39(3)4/h7-17,22,24H,18-20H2,1-6H3,(H,37,38)/t22-,24-/m1/s1. The van der Waals surface area contributed by atoms with Crippen LogP contribution in [0.4, 0.5) is 17.2 Å². The maximum Gasteiger partial charge on any atom is 0.158 e. The Bertz CT molecular complexity index is 1960. The smallest absolute Gasteiger partial charge is 0.158 e. The third-order valence-corrected chi connectivity index (χ3v) is 9.26. The molecule has 0 radical (unpaired) electrons. The average molecular weight is 627 g/mol. The van der Waals surface area contributed by atoms with Gasteiger partial charge in [0, 0.05) is 78.3 Å². The van der Waals surface area contributed by atoms with E-state index in [9.17, 15) is 8.42 Å². The molecule has 0 unspecified atom stereocenters. The number of aromatic nitrogens is 5. The maximum absolute atomic E-state index is 12.0. The molecule has 1 aromatic carbocycles. The second-order valence-electron chi connectivity index (χ2n) is 12.0. The number of hydrogen-bond acceptors (Lipinski definition) is 10. The molecule has 5 aromatic rings. The van der Waals surface area contributed by atoms with Gasteiger partial charge >= 0.3 is 0 Å². The number of ether oxygens (including phenoxy) is 1. The number of aryl methyl sites for hydroxylation is 1. The van der Waals surface area contributed by atoms with Gasteiger partial charge in [-0.3, -0.25) is 9.97 Å². The Morgan fingerprint density at radius 2 is 1.84 bits per heavy atom. The highest BCUT2D eigenvalue weighted by atomic mass is 32.2. The number of hydrogen-bond donors (Lipinski definition) is 1. The van der Waals surface area contributed by atoms with Crippen LogP contribution in [-0.2, 0) is 16.4 Å². The summed E-state index contributed by atoms with van der Waals surface area (Å²) < 4.78 is 31.5. The van der Waals surface area contributed by atoms with Crippen LogP contribution in [0.25, 0.3) is 28.0 Å². The number of fused-ring (bicyclic) bond motifs is 1. The monoisotopic (exact) mass is 626 g/mol. The number of pyridine rings is 3. The SMILES string of the molecule is COc1ccncc1-c1cc2c(cnn2-c2cc(N3C[C@H](CS(C)(=O)=O)[C@H]3C)cc(Nc3ccc(CN(C)C)cc3)n2)c(C)n1. The van der Waals surface area contributed by atoms with Crippen molar-refractivity contribution in [3.05, 3.63) is 78.4 Å². The van der Waals surface area contributed by atoms with E-state index in [0.29, 0.717) is 23.9 Å². The summed E-state index contributed by atoms with van der Waals surface area (Å²) in [6, 6.07) is 16.2. The number of nitrogens with one attached hydrogen (secondary N) is 1. The van der Waals surface area contributed by atoms with Gasteiger partial charge in [-0.25, -0.2) is 18.1 Å². The Morgan fingerprint density at radius 1 is 1.07 bits per heavy atom. The molecule has 1 N–H and O–H groups in total. The van der Waals surface area contributed by atoms with E-state index in [0.717, 1.165) is 45.8 Å². The van der Waals surface area contributed by atoms with Crippen molar-refractivity contribution in [1.29, 1.82) is 0 Å². The first-order valence-electron chi connectivity index (χ1n) is 14.8. The van der Waals surface area contributed by atoms with E-state index >= 15 is 0 Å². The molecule has 5 heterocycles. The number of benzene rings is 1. The predicted molar refractivity (Wildman–Crippen MR) is 178 cm³/mol. The van der Waals surface area contributed by atoms with Crippen LogP contribution in [0.15, 0.2) is 67.1 Å². The molecule has 12 heteroatoms. The van der Waals surface area contributed by atoms with Crippen LogP contribution < -0.4 is 15.0 Å². The van der Waals surface area contributed by atoms with Crippen molar-refractivity contribution in [2.75, 3.05) is 50.0 Å². The van der Waals surface area contributed by atoms with Crippen LogP contribution in [0.2, 0.25) is 0 Å². The summed E-state index contributed by atoms with van der Waals surface area (Å²) in [6.07, 6.45) is 6.54. The number of methoxy groups -OCH3 is 1. The summed E-state index contributed by atoms with van der Waals surface area (Å²) >= 11 is 0. The first-order chi connectivity index (χ1) is 21.5. The molecule has 0 amide bonds. The minimum atomic E-state index is -3.07. The zero-order valence-electron chi connectivity index (χ0n) is 26.4. The van der Waals surface area contributed by atoms with Gasteiger partial charge in [0.25, 0.3) is 0 Å². The third kappa shape index (κ3) is 6.47. The maximum atomic E-state index is 12.0. The Labute approximate surface area is 263 Å². The van der Waals surface area contributed by atoms with E-state index in [4.69, 9.17) is 19.8 Å². The van der Waals surface area contributed by atoms with Crippen LogP contribution in [0, 0.1) is 12.8 Å². The lowest BCUT2D eigenvalue weighted by atomic mass is 9.91. The molecule has 0 saturated carbocycles. The van der Waals surface area contributed by atoms with E-state index in [1.807, 2.05) is 62.1 Å². The van der Waals surface area contributed by atoms with Crippen molar-refractivity contribution in [2.24, 2.45) is 5.92 Å². The topological polar surface area (TPSA) is 118 Å². The second-order valence-corrected chi connectivity index (χ2v) is 14.2. The molecular formula is C33H38N8O3S. The third-order valence-electron chi connectivity index (χ3n) is 8.23. The average Bonchev–Trinajstić information content (AvgIpc) is 3.44. The highest BCUT2D eigenvalue weighted by Crippen LogP contribution is 2.36. The second kappa shape index (κ2) is 12.1. The van der Waals surface area contributed by atoms with Gasteiger partial charge in [-0.2, -0.15) is 5.10 Å². The van der Waals surface area contributed by atoms with E-state index < -0.39 is 9.84 Å². The first kappa shape index (κ1) is 30.5. The van der Waals surface area contributed by atoms with Crippen molar-refractivity contribution in [2.45, 2.75) is 26.4 Å². The summed E-state index contributed by atoms with van der Waals surface area (Å²) in [5.74, 6) is 2.20. The Kier molecular flexibility index (Phi) is 8.19. The van der Waals surface area contributed by atoms with Crippen molar-refractivity contribution in [1.82, 2.24) is 29.6 Å². The highest BCUT2D eigenvalue weighted by molar-refractivity contribution is 7.90. The van der Waals surface area contributed by atoms with Gasteiger partial charge in [0.15, 0.2) is 5.82 Å². The van der Waals surface area contributed by atoms with Gasteiger partial charge in [0.05, 0.1) is 35.8 Å². The van der Waals surface area contributed by atoms with Gasteiger partial charge in [0.2, 0.25) is 0 Å². The Balaban J connectivity index is 1.42. The fraction of sp³-hybridized carbons (Fsp3) is 0.333. The molecule has 1 fully saturated rings. The molecule has 0 aliphatic carbocycles. The number of anilines is 3. The number of nitrogens with zero attached hydrogens (tertiary/aromatic N) is 7. The van der Waals surface area contributed by atoms with Crippen molar-refractivity contribution in [3.63, 3.8) is 0 Å². The Hall–Kier alpha value is -4.55. The normalized spacial score (nSPS) is 16.6. The molecule has 45 heavy (non-hydrogen) atoms. The Morgan fingerprint density at radius 3 is 2.53 bits per heavy atom. The van der Waals surface area contributed by atoms with Gasteiger partial charge in [0.1, 0.15) is 21.4 Å². The van der Waals surface area contributed by atoms with Crippen LogP contribution in [0.1, 0.15) is 18.2 Å². The fourth-order valence-corrected chi connectivity index (χ4v) is 7.07.